The zero-order valence-electron chi connectivity index (χ0n) is 9.83. The molecule has 0 spiro atoms. The third kappa shape index (κ3) is 2.21. The van der Waals surface area contributed by atoms with E-state index in [1.807, 2.05) is 0 Å². The Bertz CT molecular complexity index is 346. The van der Waals surface area contributed by atoms with Crippen LogP contribution in [0.5, 0.6) is 0 Å². The van der Waals surface area contributed by atoms with Gasteiger partial charge in [-0.15, -0.1) is 0 Å². The highest BCUT2D eigenvalue weighted by atomic mass is 15.2. The molecule has 1 aromatic carbocycles. The highest BCUT2D eigenvalue weighted by Crippen LogP contribution is 2.28. The van der Waals surface area contributed by atoms with Gasteiger partial charge in [-0.1, -0.05) is 24.3 Å². The van der Waals surface area contributed by atoms with Crippen molar-refractivity contribution < 1.29 is 0 Å². The van der Waals surface area contributed by atoms with Gasteiger partial charge in [-0.05, 0) is 32.0 Å². The van der Waals surface area contributed by atoms with Crippen LogP contribution in [0, 0.1) is 0 Å². The second-order valence-electron chi connectivity index (χ2n) is 5.27. The van der Waals surface area contributed by atoms with E-state index in [4.69, 9.17) is 5.73 Å². The van der Waals surface area contributed by atoms with E-state index in [1.54, 1.807) is 0 Å². The molecule has 0 radical (unpaired) electrons. The van der Waals surface area contributed by atoms with Crippen LogP contribution in [0.4, 0.5) is 0 Å². The number of rotatable bonds is 2. The fourth-order valence-corrected chi connectivity index (χ4v) is 2.10. The molecular formula is C13H20N2. The molecule has 2 N–H and O–H groups in total. The molecule has 2 heteroatoms. The monoisotopic (exact) mass is 204 g/mol. The van der Waals surface area contributed by atoms with Crippen LogP contribution in [0.2, 0.25) is 0 Å². The molecular weight excluding hydrogens is 184 g/mol. The molecule has 1 aromatic rings. The maximum absolute atomic E-state index is 6.10. The molecule has 0 aromatic heterocycles. The number of likely N-dealkylation sites (N-methyl/N-ethyl adjacent to an activating group) is 1. The van der Waals surface area contributed by atoms with E-state index in [0.717, 1.165) is 0 Å². The van der Waals surface area contributed by atoms with Gasteiger partial charge in [-0.2, -0.15) is 0 Å². The number of nitrogens with zero attached hydrogens (tertiary/aromatic N) is 1. The summed E-state index contributed by atoms with van der Waals surface area (Å²) in [4.78, 5) is 2.34. The average molecular weight is 204 g/mol. The van der Waals surface area contributed by atoms with Crippen molar-refractivity contribution in [2.75, 3.05) is 20.1 Å². The molecule has 2 rings (SSSR count). The van der Waals surface area contributed by atoms with Crippen molar-refractivity contribution in [3.63, 3.8) is 0 Å². The van der Waals surface area contributed by atoms with Gasteiger partial charge in [0.25, 0.3) is 0 Å². The van der Waals surface area contributed by atoms with Crippen LogP contribution in [0.15, 0.2) is 24.3 Å². The maximum atomic E-state index is 6.10. The van der Waals surface area contributed by atoms with Crippen molar-refractivity contribution in [3.05, 3.63) is 35.4 Å². The van der Waals surface area contributed by atoms with Crippen LogP contribution in [0.25, 0.3) is 0 Å². The van der Waals surface area contributed by atoms with Gasteiger partial charge in [0.15, 0.2) is 0 Å². The summed E-state index contributed by atoms with van der Waals surface area (Å²) >= 11 is 0. The molecule has 0 aliphatic carbocycles. The first-order valence-electron chi connectivity index (χ1n) is 5.54. The fourth-order valence-electron chi connectivity index (χ4n) is 2.10. The minimum absolute atomic E-state index is 0.230. The number of hydrogen-bond acceptors (Lipinski definition) is 2. The molecule has 1 saturated heterocycles. The number of hydrogen-bond donors (Lipinski definition) is 1. The highest BCUT2D eigenvalue weighted by molar-refractivity contribution is 5.32. The zero-order valence-corrected chi connectivity index (χ0v) is 9.83. The van der Waals surface area contributed by atoms with Gasteiger partial charge in [0.2, 0.25) is 0 Å². The minimum Gasteiger partial charge on any atom is -0.322 e. The Balaban J connectivity index is 2.20. The molecule has 82 valence electrons. The van der Waals surface area contributed by atoms with E-state index in [9.17, 15) is 0 Å². The van der Waals surface area contributed by atoms with Crippen molar-refractivity contribution in [2.24, 2.45) is 5.73 Å². The third-order valence-electron chi connectivity index (χ3n) is 3.17. The summed E-state index contributed by atoms with van der Waals surface area (Å²) in [6.07, 6.45) is 0. The van der Waals surface area contributed by atoms with Crippen LogP contribution in [0.3, 0.4) is 0 Å². The van der Waals surface area contributed by atoms with Gasteiger partial charge in [0.1, 0.15) is 0 Å². The summed E-state index contributed by atoms with van der Waals surface area (Å²) in [6, 6.07) is 8.72. The third-order valence-corrected chi connectivity index (χ3v) is 3.17. The fraction of sp³-hybridized carbons (Fsp3) is 0.538. The summed E-state index contributed by atoms with van der Waals surface area (Å²) < 4.78 is 0. The first-order valence-corrected chi connectivity index (χ1v) is 5.54. The summed E-state index contributed by atoms with van der Waals surface area (Å²) in [5, 5.41) is 0. The molecule has 0 amide bonds. The lowest BCUT2D eigenvalue weighted by atomic mass is 9.87. The maximum Gasteiger partial charge on any atom is 0.0352 e. The van der Waals surface area contributed by atoms with Crippen LogP contribution in [-0.2, 0) is 5.54 Å². The largest absolute Gasteiger partial charge is 0.322 e. The normalized spacial score (nSPS) is 18.9. The molecule has 1 fully saturated rings. The molecule has 15 heavy (non-hydrogen) atoms. The van der Waals surface area contributed by atoms with Gasteiger partial charge < -0.3 is 10.6 Å². The summed E-state index contributed by atoms with van der Waals surface area (Å²) in [6.45, 7) is 6.46. The van der Waals surface area contributed by atoms with Crippen LogP contribution in [0.1, 0.15) is 30.9 Å². The van der Waals surface area contributed by atoms with Crippen LogP contribution >= 0.6 is 0 Å². The van der Waals surface area contributed by atoms with Gasteiger partial charge in [0, 0.05) is 24.5 Å². The SMILES string of the molecule is CN1CC(c2cccc(C(C)(C)N)c2)C1. The van der Waals surface area contributed by atoms with Crippen molar-refractivity contribution in [1.29, 1.82) is 0 Å². The molecule has 0 saturated carbocycles. The Labute approximate surface area is 92.1 Å². The van der Waals surface area contributed by atoms with E-state index in [-0.39, 0.29) is 5.54 Å². The van der Waals surface area contributed by atoms with E-state index in [0.29, 0.717) is 5.92 Å². The lowest BCUT2D eigenvalue weighted by Crippen LogP contribution is -2.41. The second kappa shape index (κ2) is 3.62. The Morgan fingerprint density at radius 2 is 2.00 bits per heavy atom. The van der Waals surface area contributed by atoms with E-state index >= 15 is 0 Å². The lowest BCUT2D eigenvalue weighted by molar-refractivity contribution is 0.189. The smallest absolute Gasteiger partial charge is 0.0352 e. The predicted molar refractivity (Wildman–Crippen MR) is 63.9 cm³/mol. The quantitative estimate of drug-likeness (QED) is 0.797. The number of likely N-dealkylation sites (tertiary alicyclic amines) is 1. The van der Waals surface area contributed by atoms with Crippen molar-refractivity contribution in [2.45, 2.75) is 25.3 Å². The van der Waals surface area contributed by atoms with E-state index < -0.39 is 0 Å². The summed E-state index contributed by atoms with van der Waals surface area (Å²) in [7, 11) is 2.16. The first kappa shape index (κ1) is 10.7. The first-order chi connectivity index (χ1) is 6.97. The molecule has 1 aliphatic rings. The Hall–Kier alpha value is -0.860. The molecule has 0 atom stereocenters. The van der Waals surface area contributed by atoms with Crippen molar-refractivity contribution in [3.8, 4) is 0 Å². The Morgan fingerprint density at radius 3 is 2.53 bits per heavy atom. The van der Waals surface area contributed by atoms with Crippen molar-refractivity contribution in [1.82, 2.24) is 4.90 Å². The van der Waals surface area contributed by atoms with E-state index in [2.05, 4.69) is 50.1 Å². The molecule has 1 heterocycles. The van der Waals surface area contributed by atoms with E-state index in [1.165, 1.54) is 24.2 Å². The van der Waals surface area contributed by atoms with Crippen LogP contribution < -0.4 is 5.73 Å². The predicted octanol–water partition coefficient (Wildman–Crippen LogP) is 1.91. The average Bonchev–Trinajstić information content (AvgIpc) is 2.12. The van der Waals surface area contributed by atoms with Gasteiger partial charge >= 0.3 is 0 Å². The number of benzene rings is 1. The van der Waals surface area contributed by atoms with Gasteiger partial charge in [-0.25, -0.2) is 0 Å². The second-order valence-corrected chi connectivity index (χ2v) is 5.27. The van der Waals surface area contributed by atoms with Gasteiger partial charge in [0.05, 0.1) is 0 Å². The lowest BCUT2D eigenvalue weighted by Gasteiger charge is -2.37. The summed E-state index contributed by atoms with van der Waals surface area (Å²) in [5.74, 6) is 0.706. The number of nitrogens with two attached hydrogens (primary N) is 1. The highest BCUT2D eigenvalue weighted by Gasteiger charge is 2.25. The zero-order chi connectivity index (χ0) is 11.1. The molecule has 0 bridgehead atoms. The molecule has 1 aliphatic heterocycles. The molecule has 0 unspecified atom stereocenters. The van der Waals surface area contributed by atoms with Crippen LogP contribution in [-0.4, -0.2) is 25.0 Å². The Kier molecular flexibility index (Phi) is 2.57. The van der Waals surface area contributed by atoms with Crippen molar-refractivity contribution >= 4 is 0 Å². The summed E-state index contributed by atoms with van der Waals surface area (Å²) in [5.41, 5.74) is 8.54. The topological polar surface area (TPSA) is 29.3 Å². The molecule has 2 nitrogen and oxygen atoms in total. The Morgan fingerprint density at radius 1 is 1.33 bits per heavy atom. The minimum atomic E-state index is -0.230. The van der Waals surface area contributed by atoms with Gasteiger partial charge in [-0.3, -0.25) is 0 Å². The standard InChI is InChI=1S/C13H20N2/c1-13(2,14)12-6-4-5-10(7-12)11-8-15(3)9-11/h4-7,11H,8-9,14H2,1-3H3.